The van der Waals surface area contributed by atoms with E-state index in [2.05, 4.69) is 5.32 Å². The van der Waals surface area contributed by atoms with Gasteiger partial charge in [-0.2, -0.15) is 0 Å². The molecule has 2 aromatic carbocycles. The van der Waals surface area contributed by atoms with Crippen LogP contribution in [0.15, 0.2) is 42.5 Å². The number of hydrogen-bond donors (Lipinski definition) is 2. The average molecular weight is 287 g/mol. The molecule has 0 heterocycles. The Morgan fingerprint density at radius 1 is 1.24 bits per heavy atom. The van der Waals surface area contributed by atoms with E-state index < -0.39 is 0 Å². The third-order valence-corrected chi connectivity index (χ3v) is 3.23. The second-order valence-corrected chi connectivity index (χ2v) is 5.23. The first kappa shape index (κ1) is 15.0. The Hall–Kier alpha value is -2.36. The summed E-state index contributed by atoms with van der Waals surface area (Å²) in [4.78, 5) is 12.1. The third kappa shape index (κ3) is 4.05. The van der Waals surface area contributed by atoms with Gasteiger partial charge in [0.2, 0.25) is 0 Å². The molecule has 0 radical (unpaired) electrons. The number of aryl methyl sites for hydroxylation is 1. The highest BCUT2D eigenvalue weighted by atomic mass is 19.1. The van der Waals surface area contributed by atoms with Gasteiger partial charge in [-0.15, -0.1) is 0 Å². The van der Waals surface area contributed by atoms with Crippen LogP contribution in [-0.4, -0.2) is 17.1 Å². The summed E-state index contributed by atoms with van der Waals surface area (Å²) in [6, 6.07) is 11.0. The fourth-order valence-electron chi connectivity index (χ4n) is 2.16. The fourth-order valence-corrected chi connectivity index (χ4v) is 2.16. The Morgan fingerprint density at radius 3 is 2.57 bits per heavy atom. The highest BCUT2D eigenvalue weighted by Gasteiger charge is 2.14. The summed E-state index contributed by atoms with van der Waals surface area (Å²) in [5.41, 5.74) is 2.11. The van der Waals surface area contributed by atoms with E-state index in [1.807, 2.05) is 13.8 Å². The predicted octanol–water partition coefficient (Wildman–Crippen LogP) is 3.20. The predicted molar refractivity (Wildman–Crippen MR) is 79.9 cm³/mol. The lowest BCUT2D eigenvalue weighted by molar-refractivity contribution is 0.0937. The van der Waals surface area contributed by atoms with Gasteiger partial charge in [0, 0.05) is 6.04 Å². The standard InChI is InChI=1S/C17H18FNO2/c1-11-3-8-16(20)15(9-11)17(21)19-12(2)10-13-4-6-14(18)7-5-13/h3-9,12,20H,10H2,1-2H3,(H,19,21). The number of halogens is 1. The van der Waals surface area contributed by atoms with Gasteiger partial charge in [0.05, 0.1) is 5.56 Å². The van der Waals surface area contributed by atoms with Crippen molar-refractivity contribution in [3.05, 3.63) is 65.0 Å². The van der Waals surface area contributed by atoms with Crippen LogP contribution in [0.4, 0.5) is 4.39 Å². The number of aromatic hydroxyl groups is 1. The highest BCUT2D eigenvalue weighted by Crippen LogP contribution is 2.18. The first-order valence-electron chi connectivity index (χ1n) is 6.80. The van der Waals surface area contributed by atoms with Gasteiger partial charge in [0.25, 0.3) is 5.91 Å². The molecule has 0 aliphatic heterocycles. The molecule has 1 amide bonds. The molecule has 0 bridgehead atoms. The maximum Gasteiger partial charge on any atom is 0.255 e. The Bertz CT molecular complexity index is 638. The summed E-state index contributed by atoms with van der Waals surface area (Å²) < 4.78 is 12.8. The molecular formula is C17H18FNO2. The molecule has 21 heavy (non-hydrogen) atoms. The van der Waals surface area contributed by atoms with Crippen molar-refractivity contribution in [1.29, 1.82) is 0 Å². The molecule has 0 spiro atoms. The van der Waals surface area contributed by atoms with E-state index in [1.165, 1.54) is 18.2 Å². The second-order valence-electron chi connectivity index (χ2n) is 5.23. The smallest absolute Gasteiger partial charge is 0.255 e. The van der Waals surface area contributed by atoms with Crippen molar-refractivity contribution in [2.45, 2.75) is 26.3 Å². The highest BCUT2D eigenvalue weighted by molar-refractivity contribution is 5.97. The summed E-state index contributed by atoms with van der Waals surface area (Å²) in [5.74, 6) is -0.627. The molecule has 2 rings (SSSR count). The second kappa shape index (κ2) is 6.39. The number of amides is 1. The van der Waals surface area contributed by atoms with Crippen LogP contribution in [0, 0.1) is 12.7 Å². The minimum atomic E-state index is -0.314. The van der Waals surface area contributed by atoms with Crippen molar-refractivity contribution in [2.24, 2.45) is 0 Å². The van der Waals surface area contributed by atoms with Gasteiger partial charge in [-0.05, 0) is 50.1 Å². The van der Waals surface area contributed by atoms with E-state index in [4.69, 9.17) is 0 Å². The van der Waals surface area contributed by atoms with Gasteiger partial charge in [-0.25, -0.2) is 4.39 Å². The van der Waals surface area contributed by atoms with Crippen LogP contribution in [0.25, 0.3) is 0 Å². The van der Waals surface area contributed by atoms with Crippen LogP contribution >= 0.6 is 0 Å². The van der Waals surface area contributed by atoms with E-state index in [0.29, 0.717) is 6.42 Å². The average Bonchev–Trinajstić information content (AvgIpc) is 2.44. The molecule has 4 heteroatoms. The zero-order valence-corrected chi connectivity index (χ0v) is 12.1. The quantitative estimate of drug-likeness (QED) is 0.907. The van der Waals surface area contributed by atoms with E-state index >= 15 is 0 Å². The van der Waals surface area contributed by atoms with Crippen molar-refractivity contribution >= 4 is 5.91 Å². The van der Waals surface area contributed by atoms with Crippen LogP contribution in [0.5, 0.6) is 5.75 Å². The van der Waals surface area contributed by atoms with Crippen molar-refractivity contribution in [3.8, 4) is 5.75 Å². The van der Waals surface area contributed by atoms with E-state index in [-0.39, 0.29) is 29.1 Å². The molecule has 0 fully saturated rings. The molecule has 0 saturated carbocycles. The fraction of sp³-hybridized carbons (Fsp3) is 0.235. The van der Waals surface area contributed by atoms with Gasteiger partial charge < -0.3 is 10.4 Å². The minimum Gasteiger partial charge on any atom is -0.507 e. The largest absolute Gasteiger partial charge is 0.507 e. The monoisotopic (exact) mass is 287 g/mol. The van der Waals surface area contributed by atoms with Gasteiger partial charge >= 0.3 is 0 Å². The number of phenols is 1. The zero-order chi connectivity index (χ0) is 15.4. The molecule has 0 aliphatic rings. The molecule has 3 nitrogen and oxygen atoms in total. The first-order valence-corrected chi connectivity index (χ1v) is 6.80. The van der Waals surface area contributed by atoms with Crippen LogP contribution in [0.1, 0.15) is 28.4 Å². The van der Waals surface area contributed by atoms with Gasteiger partial charge in [-0.3, -0.25) is 4.79 Å². The number of hydrogen-bond acceptors (Lipinski definition) is 2. The summed E-state index contributed by atoms with van der Waals surface area (Å²) in [5, 5.41) is 12.6. The summed E-state index contributed by atoms with van der Waals surface area (Å²) >= 11 is 0. The molecule has 0 saturated heterocycles. The molecule has 1 unspecified atom stereocenters. The van der Waals surface area contributed by atoms with Gasteiger partial charge in [-0.1, -0.05) is 23.8 Å². The Balaban J connectivity index is 2.01. The lowest BCUT2D eigenvalue weighted by Crippen LogP contribution is -2.34. The molecule has 0 aliphatic carbocycles. The lowest BCUT2D eigenvalue weighted by atomic mass is 10.1. The molecule has 0 aromatic heterocycles. The molecule has 2 N–H and O–H groups in total. The van der Waals surface area contributed by atoms with E-state index in [0.717, 1.165) is 11.1 Å². The summed E-state index contributed by atoms with van der Waals surface area (Å²) in [6.07, 6.45) is 0.596. The Kier molecular flexibility index (Phi) is 4.58. The van der Waals surface area contributed by atoms with Crippen LogP contribution < -0.4 is 5.32 Å². The maximum absolute atomic E-state index is 12.8. The maximum atomic E-state index is 12.8. The van der Waals surface area contributed by atoms with Crippen molar-refractivity contribution in [3.63, 3.8) is 0 Å². The number of rotatable bonds is 4. The minimum absolute atomic E-state index is 0.0351. The van der Waals surface area contributed by atoms with Crippen molar-refractivity contribution in [2.75, 3.05) is 0 Å². The normalized spacial score (nSPS) is 12.0. The van der Waals surface area contributed by atoms with Crippen LogP contribution in [0.3, 0.4) is 0 Å². The lowest BCUT2D eigenvalue weighted by Gasteiger charge is -2.15. The van der Waals surface area contributed by atoms with Gasteiger partial charge in [0.1, 0.15) is 11.6 Å². The van der Waals surface area contributed by atoms with Gasteiger partial charge in [0.15, 0.2) is 0 Å². The number of benzene rings is 2. The number of phenolic OH excluding ortho intramolecular Hbond substituents is 1. The van der Waals surface area contributed by atoms with Crippen LogP contribution in [0.2, 0.25) is 0 Å². The third-order valence-electron chi connectivity index (χ3n) is 3.23. The Labute approximate surface area is 123 Å². The molecule has 1 atom stereocenters. The SMILES string of the molecule is Cc1ccc(O)c(C(=O)NC(C)Cc2ccc(F)cc2)c1. The first-order chi connectivity index (χ1) is 9.95. The summed E-state index contributed by atoms with van der Waals surface area (Å²) in [6.45, 7) is 3.73. The molecule has 2 aromatic rings. The Morgan fingerprint density at radius 2 is 1.90 bits per heavy atom. The summed E-state index contributed by atoms with van der Waals surface area (Å²) in [7, 11) is 0. The molecule has 110 valence electrons. The topological polar surface area (TPSA) is 49.3 Å². The van der Waals surface area contributed by atoms with Crippen LogP contribution in [-0.2, 0) is 6.42 Å². The van der Waals surface area contributed by atoms with Crippen molar-refractivity contribution in [1.82, 2.24) is 5.32 Å². The van der Waals surface area contributed by atoms with Crippen molar-refractivity contribution < 1.29 is 14.3 Å². The van der Waals surface area contributed by atoms with E-state index in [1.54, 1.807) is 24.3 Å². The number of nitrogens with one attached hydrogen (secondary N) is 1. The number of carbonyl (C=O) groups is 1. The number of carbonyl (C=O) groups excluding carboxylic acids is 1. The zero-order valence-electron chi connectivity index (χ0n) is 12.1. The van der Waals surface area contributed by atoms with E-state index in [9.17, 15) is 14.3 Å². The molecular weight excluding hydrogens is 269 g/mol.